The molecule has 3 aromatic rings. The number of hydrogen-bond acceptors (Lipinski definition) is 0. The number of rotatable bonds is 2. The second-order valence-electron chi connectivity index (χ2n) is 5.03. The van der Waals surface area contributed by atoms with Crippen LogP contribution in [0.3, 0.4) is 0 Å². The average Bonchev–Trinajstić information content (AvgIpc) is 2.50. The van der Waals surface area contributed by atoms with Gasteiger partial charge in [-0.1, -0.05) is 52.5 Å². The van der Waals surface area contributed by atoms with Gasteiger partial charge in [0.05, 0.1) is 15.1 Å². The van der Waals surface area contributed by atoms with Gasteiger partial charge in [-0.05, 0) is 42.5 Å². The van der Waals surface area contributed by atoms with E-state index in [1.807, 2.05) is 0 Å². The molecule has 0 spiro atoms. The molecule has 0 aliphatic heterocycles. The van der Waals surface area contributed by atoms with Gasteiger partial charge in [0.2, 0.25) is 0 Å². The van der Waals surface area contributed by atoms with Crippen LogP contribution in [0.25, 0.3) is 22.3 Å². The summed E-state index contributed by atoms with van der Waals surface area (Å²) in [5.74, 6) is -1.01. The summed E-state index contributed by atoms with van der Waals surface area (Å²) in [5, 5.41) is 0.961. The minimum Gasteiger partial charge on any atom is -0.207 e. The van der Waals surface area contributed by atoms with Gasteiger partial charge >= 0.3 is 0 Å². The highest BCUT2D eigenvalue weighted by atomic mass is 35.5. The zero-order valence-electron chi connectivity index (χ0n) is 11.9. The Morgan fingerprint density at radius 1 is 0.625 bits per heavy atom. The maximum atomic E-state index is 14.3. The fraction of sp³-hybridized carbons (Fsp3) is 0. The molecule has 0 amide bonds. The van der Waals surface area contributed by atoms with Gasteiger partial charge in [0.25, 0.3) is 0 Å². The van der Waals surface area contributed by atoms with Crippen molar-refractivity contribution in [3.05, 3.63) is 80.3 Å². The van der Waals surface area contributed by atoms with Gasteiger partial charge in [-0.3, -0.25) is 0 Å². The molecule has 122 valence electrons. The molecule has 0 aliphatic rings. The van der Waals surface area contributed by atoms with Gasteiger partial charge in [0.15, 0.2) is 0 Å². The lowest BCUT2D eigenvalue weighted by Gasteiger charge is -2.14. The Hall–Kier alpha value is -1.32. The summed E-state index contributed by atoms with van der Waals surface area (Å²) in [5.41, 5.74) is 1.59. The van der Waals surface area contributed by atoms with Crippen molar-refractivity contribution in [2.45, 2.75) is 0 Å². The first kappa shape index (κ1) is 17.5. The quantitative estimate of drug-likeness (QED) is 0.407. The SMILES string of the molecule is Fc1ccc(-c2ccc(Cl)c(-c3ccc(Cl)cc3F)c2Cl)c(Cl)c1. The molecule has 0 fully saturated rings. The predicted octanol–water partition coefficient (Wildman–Crippen LogP) is 7.91. The first-order valence-electron chi connectivity index (χ1n) is 6.77. The van der Waals surface area contributed by atoms with Gasteiger partial charge < -0.3 is 0 Å². The van der Waals surface area contributed by atoms with E-state index in [4.69, 9.17) is 46.4 Å². The Labute approximate surface area is 157 Å². The van der Waals surface area contributed by atoms with E-state index in [0.29, 0.717) is 16.7 Å². The van der Waals surface area contributed by atoms with E-state index in [1.165, 1.54) is 30.3 Å². The van der Waals surface area contributed by atoms with Crippen LogP contribution in [0, 0.1) is 11.6 Å². The monoisotopic (exact) mass is 402 g/mol. The van der Waals surface area contributed by atoms with E-state index < -0.39 is 11.6 Å². The molecule has 3 rings (SSSR count). The molecule has 0 unspecified atom stereocenters. The molecule has 0 nitrogen and oxygen atoms in total. The van der Waals surface area contributed by atoms with Crippen LogP contribution in [0.15, 0.2) is 48.5 Å². The summed E-state index contributed by atoms with van der Waals surface area (Å²) in [7, 11) is 0. The first-order valence-corrected chi connectivity index (χ1v) is 8.28. The Bertz CT molecular complexity index is 939. The zero-order valence-corrected chi connectivity index (χ0v) is 14.9. The highest BCUT2D eigenvalue weighted by Gasteiger charge is 2.18. The summed E-state index contributed by atoms with van der Waals surface area (Å²) in [6.45, 7) is 0. The molecule has 0 heterocycles. The summed E-state index contributed by atoms with van der Waals surface area (Å²) in [6, 6.07) is 11.4. The lowest BCUT2D eigenvalue weighted by atomic mass is 9.98. The molecule has 0 saturated carbocycles. The molecule has 0 aliphatic carbocycles. The Morgan fingerprint density at radius 2 is 1.29 bits per heavy atom. The second kappa shape index (κ2) is 6.89. The Balaban J connectivity index is 2.25. The van der Waals surface area contributed by atoms with Crippen LogP contribution in [0.5, 0.6) is 0 Å². The summed E-state index contributed by atoms with van der Waals surface area (Å²) in [6.07, 6.45) is 0. The average molecular weight is 404 g/mol. The highest BCUT2D eigenvalue weighted by Crippen LogP contribution is 2.43. The van der Waals surface area contributed by atoms with E-state index in [2.05, 4.69) is 0 Å². The van der Waals surface area contributed by atoms with Gasteiger partial charge in [-0.25, -0.2) is 8.78 Å². The third-order valence-corrected chi connectivity index (χ3v) is 4.77. The van der Waals surface area contributed by atoms with Crippen molar-refractivity contribution in [1.29, 1.82) is 0 Å². The Morgan fingerprint density at radius 3 is 1.96 bits per heavy atom. The van der Waals surface area contributed by atoms with Gasteiger partial charge in [0, 0.05) is 27.3 Å². The van der Waals surface area contributed by atoms with Crippen LogP contribution < -0.4 is 0 Å². The maximum absolute atomic E-state index is 14.3. The van der Waals surface area contributed by atoms with Crippen LogP contribution in [-0.4, -0.2) is 0 Å². The molecule has 0 radical (unpaired) electrons. The second-order valence-corrected chi connectivity index (χ2v) is 6.66. The molecule has 3 aromatic carbocycles. The zero-order chi connectivity index (χ0) is 17.4. The lowest BCUT2D eigenvalue weighted by molar-refractivity contribution is 0.628. The molecule has 6 heteroatoms. The van der Waals surface area contributed by atoms with E-state index in [-0.39, 0.29) is 25.7 Å². The van der Waals surface area contributed by atoms with Gasteiger partial charge in [-0.2, -0.15) is 0 Å². The molecule has 0 saturated heterocycles. The summed E-state index contributed by atoms with van der Waals surface area (Å²) < 4.78 is 27.5. The van der Waals surface area contributed by atoms with E-state index in [9.17, 15) is 8.78 Å². The van der Waals surface area contributed by atoms with Crippen LogP contribution in [0.2, 0.25) is 20.1 Å². The van der Waals surface area contributed by atoms with Crippen molar-refractivity contribution in [3.63, 3.8) is 0 Å². The minimum absolute atomic E-state index is 0.196. The number of benzene rings is 3. The summed E-state index contributed by atoms with van der Waals surface area (Å²) >= 11 is 24.6. The molecule has 0 aromatic heterocycles. The van der Waals surface area contributed by atoms with Gasteiger partial charge in [0.1, 0.15) is 11.6 Å². The van der Waals surface area contributed by atoms with Crippen LogP contribution >= 0.6 is 46.4 Å². The van der Waals surface area contributed by atoms with Crippen molar-refractivity contribution < 1.29 is 8.78 Å². The third kappa shape index (κ3) is 3.25. The maximum Gasteiger partial charge on any atom is 0.132 e. The van der Waals surface area contributed by atoms with Crippen molar-refractivity contribution in [3.8, 4) is 22.3 Å². The van der Waals surface area contributed by atoms with E-state index >= 15 is 0 Å². The highest BCUT2D eigenvalue weighted by molar-refractivity contribution is 6.42. The van der Waals surface area contributed by atoms with Crippen molar-refractivity contribution in [2.24, 2.45) is 0 Å². The lowest BCUT2D eigenvalue weighted by Crippen LogP contribution is -1.91. The fourth-order valence-corrected chi connectivity index (χ4v) is 3.51. The van der Waals surface area contributed by atoms with Crippen molar-refractivity contribution in [2.75, 3.05) is 0 Å². The standard InChI is InChI=1S/C18H8Cl4F2/c19-9-1-3-13(16(24)7-9)17-14(20)6-5-12(18(17)22)11-4-2-10(23)8-15(11)21/h1-8H. The van der Waals surface area contributed by atoms with Gasteiger partial charge in [-0.15, -0.1) is 0 Å². The number of halogens is 6. The molecule has 0 atom stereocenters. The number of hydrogen-bond donors (Lipinski definition) is 0. The van der Waals surface area contributed by atoms with E-state index in [0.717, 1.165) is 0 Å². The topological polar surface area (TPSA) is 0 Å². The molecular formula is C18H8Cl4F2. The molecule has 24 heavy (non-hydrogen) atoms. The largest absolute Gasteiger partial charge is 0.207 e. The van der Waals surface area contributed by atoms with Crippen LogP contribution in [0.1, 0.15) is 0 Å². The molecular weight excluding hydrogens is 396 g/mol. The third-order valence-electron chi connectivity index (χ3n) is 3.51. The van der Waals surface area contributed by atoms with Crippen molar-refractivity contribution in [1.82, 2.24) is 0 Å². The fourth-order valence-electron chi connectivity index (χ4n) is 2.41. The molecule has 0 N–H and O–H groups in total. The predicted molar refractivity (Wildman–Crippen MR) is 97.3 cm³/mol. The van der Waals surface area contributed by atoms with Crippen LogP contribution in [-0.2, 0) is 0 Å². The minimum atomic E-state index is -0.548. The van der Waals surface area contributed by atoms with Crippen molar-refractivity contribution >= 4 is 46.4 Å². The smallest absolute Gasteiger partial charge is 0.132 e. The van der Waals surface area contributed by atoms with Crippen LogP contribution in [0.4, 0.5) is 8.78 Å². The first-order chi connectivity index (χ1) is 11.4. The summed E-state index contributed by atoms with van der Waals surface area (Å²) in [4.78, 5) is 0. The molecule has 0 bridgehead atoms. The van der Waals surface area contributed by atoms with E-state index in [1.54, 1.807) is 18.2 Å². The Kier molecular flexibility index (Phi) is 5.03. The normalized spacial score (nSPS) is 10.9.